The highest BCUT2D eigenvalue weighted by atomic mass is 16.4. The number of rotatable bonds is 3. The van der Waals surface area contributed by atoms with E-state index < -0.39 is 0 Å². The topological polar surface area (TPSA) is 43.1 Å². The molecule has 0 bridgehead atoms. The molecule has 10 heavy (non-hydrogen) atoms. The minimum absolute atomic E-state index is 0.326. The minimum atomic E-state index is 0.326. The van der Waals surface area contributed by atoms with Crippen molar-refractivity contribution in [3.63, 3.8) is 0 Å². The number of aryl methyl sites for hydroxylation is 1. The molecule has 0 N–H and O–H groups in total. The summed E-state index contributed by atoms with van der Waals surface area (Å²) in [6.45, 7) is 1.95. The number of aldehydes is 1. The number of oxazole rings is 1. The van der Waals surface area contributed by atoms with Gasteiger partial charge in [-0.25, -0.2) is 4.98 Å². The minimum Gasteiger partial charge on any atom is -0.445 e. The standard InChI is InChI=1S/C7H9NO2/c1-2-7-8-5-6(10-7)3-4-9/h4-5H,2-3H2,1H3. The molecule has 1 aromatic heterocycles. The molecule has 0 amide bonds. The molecule has 0 spiro atoms. The molecule has 0 aliphatic carbocycles. The molecule has 0 aliphatic rings. The normalized spacial score (nSPS) is 9.70. The summed E-state index contributed by atoms with van der Waals surface area (Å²) >= 11 is 0. The quantitative estimate of drug-likeness (QED) is 0.586. The molecule has 0 aliphatic heterocycles. The first-order valence-electron chi connectivity index (χ1n) is 3.24. The van der Waals surface area contributed by atoms with Gasteiger partial charge in [-0.15, -0.1) is 0 Å². The Morgan fingerprint density at radius 1 is 1.80 bits per heavy atom. The van der Waals surface area contributed by atoms with Gasteiger partial charge in [0.2, 0.25) is 0 Å². The van der Waals surface area contributed by atoms with Gasteiger partial charge >= 0.3 is 0 Å². The van der Waals surface area contributed by atoms with E-state index in [1.54, 1.807) is 6.20 Å². The van der Waals surface area contributed by atoms with Crippen molar-refractivity contribution in [2.75, 3.05) is 0 Å². The van der Waals surface area contributed by atoms with Gasteiger partial charge in [-0.3, -0.25) is 0 Å². The van der Waals surface area contributed by atoms with Crippen LogP contribution in [0.5, 0.6) is 0 Å². The lowest BCUT2D eigenvalue weighted by molar-refractivity contribution is -0.107. The van der Waals surface area contributed by atoms with E-state index in [-0.39, 0.29) is 0 Å². The first-order valence-corrected chi connectivity index (χ1v) is 3.24. The van der Waals surface area contributed by atoms with Crippen LogP contribution >= 0.6 is 0 Å². The zero-order valence-corrected chi connectivity index (χ0v) is 5.83. The largest absolute Gasteiger partial charge is 0.445 e. The molecule has 1 aromatic rings. The fourth-order valence-electron chi connectivity index (χ4n) is 0.688. The van der Waals surface area contributed by atoms with Crippen LogP contribution in [0.4, 0.5) is 0 Å². The third kappa shape index (κ3) is 1.43. The Morgan fingerprint density at radius 2 is 2.60 bits per heavy atom. The smallest absolute Gasteiger partial charge is 0.194 e. The molecule has 1 heterocycles. The van der Waals surface area contributed by atoms with Gasteiger partial charge < -0.3 is 9.21 Å². The second-order valence-corrected chi connectivity index (χ2v) is 1.94. The summed E-state index contributed by atoms with van der Waals surface area (Å²) in [6.07, 6.45) is 3.50. The number of carbonyl (C=O) groups excluding carboxylic acids is 1. The molecule has 54 valence electrons. The maximum Gasteiger partial charge on any atom is 0.194 e. The van der Waals surface area contributed by atoms with Gasteiger partial charge in [0.05, 0.1) is 12.6 Å². The van der Waals surface area contributed by atoms with Crippen molar-refractivity contribution in [3.8, 4) is 0 Å². The third-order valence-corrected chi connectivity index (χ3v) is 1.19. The fraction of sp³-hybridized carbons (Fsp3) is 0.429. The fourth-order valence-corrected chi connectivity index (χ4v) is 0.688. The van der Waals surface area contributed by atoms with Crippen LogP contribution in [-0.2, 0) is 17.6 Å². The monoisotopic (exact) mass is 139 g/mol. The molecular weight excluding hydrogens is 130 g/mol. The molecule has 0 atom stereocenters. The molecular formula is C7H9NO2. The third-order valence-electron chi connectivity index (χ3n) is 1.19. The number of aromatic nitrogens is 1. The van der Waals surface area contributed by atoms with Crippen LogP contribution in [0.2, 0.25) is 0 Å². The highest BCUT2D eigenvalue weighted by Crippen LogP contribution is 2.02. The maximum atomic E-state index is 9.98. The Bertz CT molecular complexity index is 217. The van der Waals surface area contributed by atoms with Gasteiger partial charge in [-0.2, -0.15) is 0 Å². The molecule has 0 saturated heterocycles. The molecule has 0 radical (unpaired) electrons. The van der Waals surface area contributed by atoms with Gasteiger partial charge in [-0.05, 0) is 0 Å². The molecule has 3 heteroatoms. The van der Waals surface area contributed by atoms with Crippen molar-refractivity contribution in [3.05, 3.63) is 17.8 Å². The molecule has 3 nitrogen and oxygen atoms in total. The van der Waals surface area contributed by atoms with Crippen molar-refractivity contribution in [1.29, 1.82) is 0 Å². The van der Waals surface area contributed by atoms with E-state index in [0.29, 0.717) is 18.1 Å². The average Bonchev–Trinajstić information content (AvgIpc) is 2.37. The number of hydrogen-bond acceptors (Lipinski definition) is 3. The Hall–Kier alpha value is -1.12. The van der Waals surface area contributed by atoms with E-state index in [4.69, 9.17) is 4.42 Å². The lowest BCUT2D eigenvalue weighted by Gasteiger charge is -1.83. The SMILES string of the molecule is CCc1ncc(CC=O)o1. The molecule has 0 unspecified atom stereocenters. The highest BCUT2D eigenvalue weighted by molar-refractivity contribution is 5.52. The maximum absolute atomic E-state index is 9.98. The van der Waals surface area contributed by atoms with E-state index >= 15 is 0 Å². The number of nitrogens with zero attached hydrogens (tertiary/aromatic N) is 1. The van der Waals surface area contributed by atoms with Gasteiger partial charge in [0.25, 0.3) is 0 Å². The zero-order valence-electron chi connectivity index (χ0n) is 5.83. The second kappa shape index (κ2) is 3.15. The van der Waals surface area contributed by atoms with Crippen LogP contribution in [0.15, 0.2) is 10.6 Å². The summed E-state index contributed by atoms with van der Waals surface area (Å²) in [7, 11) is 0. The summed E-state index contributed by atoms with van der Waals surface area (Å²) in [6, 6.07) is 0. The molecule has 0 saturated carbocycles. The molecule has 1 rings (SSSR count). The van der Waals surface area contributed by atoms with E-state index in [1.165, 1.54) is 0 Å². The van der Waals surface area contributed by atoms with Crippen molar-refractivity contribution < 1.29 is 9.21 Å². The predicted molar refractivity (Wildman–Crippen MR) is 35.6 cm³/mol. The Morgan fingerprint density at radius 3 is 3.10 bits per heavy atom. The van der Waals surface area contributed by atoms with Gasteiger partial charge in [0.1, 0.15) is 12.0 Å². The van der Waals surface area contributed by atoms with Gasteiger partial charge in [0.15, 0.2) is 5.89 Å². The van der Waals surface area contributed by atoms with E-state index in [9.17, 15) is 4.79 Å². The first kappa shape index (κ1) is 6.99. The van der Waals surface area contributed by atoms with Crippen LogP contribution in [0.25, 0.3) is 0 Å². The van der Waals surface area contributed by atoms with Crippen molar-refractivity contribution in [1.82, 2.24) is 4.98 Å². The average molecular weight is 139 g/mol. The van der Waals surface area contributed by atoms with E-state index in [0.717, 1.165) is 12.7 Å². The van der Waals surface area contributed by atoms with Crippen molar-refractivity contribution in [2.45, 2.75) is 19.8 Å². The Kier molecular flexibility index (Phi) is 2.20. The summed E-state index contributed by atoms with van der Waals surface area (Å²) in [5.41, 5.74) is 0. The number of hydrogen-bond donors (Lipinski definition) is 0. The zero-order chi connectivity index (χ0) is 7.40. The number of carbonyl (C=O) groups is 1. The summed E-state index contributed by atoms with van der Waals surface area (Å²) in [4.78, 5) is 13.9. The summed E-state index contributed by atoms with van der Waals surface area (Å²) in [5, 5.41) is 0. The van der Waals surface area contributed by atoms with Crippen LogP contribution in [0.3, 0.4) is 0 Å². The van der Waals surface area contributed by atoms with E-state index in [2.05, 4.69) is 4.98 Å². The summed E-state index contributed by atoms with van der Waals surface area (Å²) < 4.78 is 5.13. The first-order chi connectivity index (χ1) is 4.86. The van der Waals surface area contributed by atoms with Crippen LogP contribution in [0.1, 0.15) is 18.6 Å². The second-order valence-electron chi connectivity index (χ2n) is 1.94. The van der Waals surface area contributed by atoms with Crippen LogP contribution < -0.4 is 0 Å². The lowest BCUT2D eigenvalue weighted by Crippen LogP contribution is -1.79. The molecule has 0 aromatic carbocycles. The summed E-state index contributed by atoms with van der Waals surface area (Å²) in [5.74, 6) is 1.34. The Balaban J connectivity index is 2.67. The van der Waals surface area contributed by atoms with Crippen LogP contribution in [-0.4, -0.2) is 11.3 Å². The molecule has 0 fully saturated rings. The van der Waals surface area contributed by atoms with Crippen molar-refractivity contribution in [2.24, 2.45) is 0 Å². The van der Waals surface area contributed by atoms with Gasteiger partial charge in [0, 0.05) is 6.42 Å². The van der Waals surface area contributed by atoms with Gasteiger partial charge in [-0.1, -0.05) is 6.92 Å². The van der Waals surface area contributed by atoms with Crippen LogP contribution in [0, 0.1) is 0 Å². The van der Waals surface area contributed by atoms with Crippen molar-refractivity contribution >= 4 is 6.29 Å². The predicted octanol–water partition coefficient (Wildman–Crippen LogP) is 0.978. The Labute approximate surface area is 59.1 Å². The highest BCUT2D eigenvalue weighted by Gasteiger charge is 1.98. The van der Waals surface area contributed by atoms with E-state index in [1.807, 2.05) is 6.92 Å². The lowest BCUT2D eigenvalue weighted by atomic mass is 10.4.